The lowest BCUT2D eigenvalue weighted by Gasteiger charge is -2.17. The number of aromatic nitrogens is 1. The molecule has 18 heavy (non-hydrogen) atoms. The monoisotopic (exact) mass is 261 g/mol. The highest BCUT2D eigenvalue weighted by molar-refractivity contribution is 5.44. The topological polar surface area (TPSA) is 51.4 Å². The number of rotatable bonds is 3. The number of hydrogen-bond donors (Lipinski definition) is 1. The average molecular weight is 261 g/mol. The molecule has 0 saturated carbocycles. The highest BCUT2D eigenvalue weighted by Crippen LogP contribution is 2.23. The van der Waals surface area contributed by atoms with E-state index in [-0.39, 0.29) is 11.8 Å². The number of anilines is 1. The fraction of sp³-hybridized carbons (Fsp3) is 0.545. The summed E-state index contributed by atoms with van der Waals surface area (Å²) in [4.78, 5) is 6.05. The largest absolute Gasteiger partial charge is 0.484 e. The number of alkyl halides is 3. The molecule has 7 heteroatoms. The molecule has 2 rings (SSSR count). The van der Waals surface area contributed by atoms with Crippen LogP contribution in [0.25, 0.3) is 0 Å². The second-order valence-electron chi connectivity index (χ2n) is 4.25. The summed E-state index contributed by atoms with van der Waals surface area (Å²) in [6.07, 6.45) is -2.04. The van der Waals surface area contributed by atoms with E-state index >= 15 is 0 Å². The third kappa shape index (κ3) is 3.49. The Morgan fingerprint density at radius 2 is 2.28 bits per heavy atom. The highest BCUT2D eigenvalue weighted by Gasteiger charge is 2.28. The molecule has 2 N–H and O–H groups in total. The van der Waals surface area contributed by atoms with Gasteiger partial charge in [0.1, 0.15) is 11.6 Å². The summed E-state index contributed by atoms with van der Waals surface area (Å²) in [7, 11) is 0. The van der Waals surface area contributed by atoms with Gasteiger partial charge in [0.2, 0.25) is 0 Å². The van der Waals surface area contributed by atoms with Crippen LogP contribution in [0.1, 0.15) is 6.42 Å². The molecule has 1 saturated heterocycles. The van der Waals surface area contributed by atoms with E-state index in [9.17, 15) is 13.2 Å². The first-order valence-electron chi connectivity index (χ1n) is 5.60. The van der Waals surface area contributed by atoms with Crippen molar-refractivity contribution in [1.29, 1.82) is 0 Å². The van der Waals surface area contributed by atoms with E-state index in [0.717, 1.165) is 13.0 Å². The molecule has 100 valence electrons. The lowest BCUT2D eigenvalue weighted by molar-refractivity contribution is -0.153. The zero-order valence-corrected chi connectivity index (χ0v) is 9.65. The van der Waals surface area contributed by atoms with Crippen molar-refractivity contribution in [3.63, 3.8) is 0 Å². The summed E-state index contributed by atoms with van der Waals surface area (Å²) in [6, 6.07) is 3.00. The minimum absolute atomic E-state index is 0.0894. The Kier molecular flexibility index (Phi) is 3.60. The number of halogens is 3. The third-order valence-corrected chi connectivity index (χ3v) is 2.67. The van der Waals surface area contributed by atoms with Gasteiger partial charge in [-0.15, -0.1) is 0 Å². The van der Waals surface area contributed by atoms with E-state index in [1.807, 2.05) is 4.90 Å². The van der Waals surface area contributed by atoms with Crippen molar-refractivity contribution in [2.24, 2.45) is 5.73 Å². The predicted octanol–water partition coefficient (Wildman–Crippen LogP) is 1.56. The van der Waals surface area contributed by atoms with Crippen LogP contribution < -0.4 is 15.4 Å². The van der Waals surface area contributed by atoms with E-state index in [1.54, 1.807) is 0 Å². The van der Waals surface area contributed by atoms with E-state index in [1.165, 1.54) is 18.3 Å². The van der Waals surface area contributed by atoms with Gasteiger partial charge in [0.05, 0.1) is 0 Å². The van der Waals surface area contributed by atoms with Gasteiger partial charge in [-0.05, 0) is 12.5 Å². The predicted molar refractivity (Wildman–Crippen MR) is 60.6 cm³/mol. The van der Waals surface area contributed by atoms with Crippen molar-refractivity contribution in [2.45, 2.75) is 18.6 Å². The van der Waals surface area contributed by atoms with Gasteiger partial charge in [0.25, 0.3) is 0 Å². The molecule has 0 radical (unpaired) electrons. The fourth-order valence-corrected chi connectivity index (χ4v) is 1.82. The third-order valence-electron chi connectivity index (χ3n) is 2.67. The lowest BCUT2D eigenvalue weighted by atomic mass is 10.3. The van der Waals surface area contributed by atoms with Gasteiger partial charge in [-0.1, -0.05) is 0 Å². The summed E-state index contributed by atoms with van der Waals surface area (Å²) >= 11 is 0. The van der Waals surface area contributed by atoms with Crippen molar-refractivity contribution < 1.29 is 17.9 Å². The molecule has 0 bridgehead atoms. The molecule has 1 aliphatic heterocycles. The lowest BCUT2D eigenvalue weighted by Crippen LogP contribution is -2.26. The normalized spacial score (nSPS) is 20.2. The van der Waals surface area contributed by atoms with Gasteiger partial charge >= 0.3 is 6.18 Å². The molecule has 2 heterocycles. The van der Waals surface area contributed by atoms with Crippen molar-refractivity contribution in [3.8, 4) is 5.75 Å². The van der Waals surface area contributed by atoms with Crippen molar-refractivity contribution >= 4 is 5.82 Å². The molecule has 0 spiro atoms. The maximum atomic E-state index is 12.0. The minimum atomic E-state index is -4.33. The van der Waals surface area contributed by atoms with Gasteiger partial charge in [-0.3, -0.25) is 0 Å². The van der Waals surface area contributed by atoms with Crippen LogP contribution in [0, 0.1) is 0 Å². The molecule has 0 aliphatic carbocycles. The maximum Gasteiger partial charge on any atom is 0.422 e. The molecule has 1 atom stereocenters. The van der Waals surface area contributed by atoms with Crippen LogP contribution in [0.4, 0.5) is 19.0 Å². The summed E-state index contributed by atoms with van der Waals surface area (Å²) in [6.45, 7) is 0.128. The maximum absolute atomic E-state index is 12.0. The second kappa shape index (κ2) is 5.01. The molecular formula is C11H14F3N3O. The Morgan fingerprint density at radius 3 is 2.89 bits per heavy atom. The van der Waals surface area contributed by atoms with Crippen LogP contribution in [-0.4, -0.2) is 36.9 Å². The SMILES string of the molecule is N[C@@H]1CCN(c2cc(OCC(F)(F)F)ccn2)C1. The summed E-state index contributed by atoms with van der Waals surface area (Å²) in [5, 5.41) is 0. The molecule has 0 aromatic carbocycles. The summed E-state index contributed by atoms with van der Waals surface area (Å²) in [5.41, 5.74) is 5.77. The van der Waals surface area contributed by atoms with E-state index < -0.39 is 12.8 Å². The standard InChI is InChI=1S/C11H14F3N3O/c12-11(13,14)7-18-9-1-3-16-10(5-9)17-4-2-8(15)6-17/h1,3,5,8H,2,4,6-7,15H2/t8-/m1/s1. The Bertz CT molecular complexity index is 411. The molecule has 0 amide bonds. The van der Waals surface area contributed by atoms with Crippen LogP contribution >= 0.6 is 0 Å². The van der Waals surface area contributed by atoms with Crippen LogP contribution in [-0.2, 0) is 0 Å². The van der Waals surface area contributed by atoms with Crippen LogP contribution in [0.15, 0.2) is 18.3 Å². The smallest absolute Gasteiger partial charge is 0.422 e. The fourth-order valence-electron chi connectivity index (χ4n) is 1.82. The van der Waals surface area contributed by atoms with Crippen LogP contribution in [0.3, 0.4) is 0 Å². The number of nitrogens with two attached hydrogens (primary N) is 1. The van der Waals surface area contributed by atoms with Gasteiger partial charge in [-0.2, -0.15) is 13.2 Å². The van der Waals surface area contributed by atoms with Gasteiger partial charge < -0.3 is 15.4 Å². The summed E-state index contributed by atoms with van der Waals surface area (Å²) < 4.78 is 40.8. The van der Waals surface area contributed by atoms with Crippen LogP contribution in [0.5, 0.6) is 5.75 Å². The Labute approximate surface area is 103 Å². The molecule has 1 aromatic rings. The second-order valence-corrected chi connectivity index (χ2v) is 4.25. The van der Waals surface area contributed by atoms with Gasteiger partial charge in [-0.25, -0.2) is 4.98 Å². The van der Waals surface area contributed by atoms with Crippen molar-refractivity contribution in [2.75, 3.05) is 24.6 Å². The van der Waals surface area contributed by atoms with E-state index in [2.05, 4.69) is 9.72 Å². The molecule has 0 unspecified atom stereocenters. The van der Waals surface area contributed by atoms with Crippen molar-refractivity contribution in [3.05, 3.63) is 18.3 Å². The Morgan fingerprint density at radius 1 is 1.50 bits per heavy atom. The Hall–Kier alpha value is -1.50. The molecule has 1 aliphatic rings. The first kappa shape index (κ1) is 12.9. The Balaban J connectivity index is 2.01. The number of ether oxygens (including phenoxy) is 1. The molecule has 1 fully saturated rings. The zero-order chi connectivity index (χ0) is 13.2. The first-order valence-corrected chi connectivity index (χ1v) is 5.60. The molecule has 4 nitrogen and oxygen atoms in total. The van der Waals surface area contributed by atoms with E-state index in [0.29, 0.717) is 12.4 Å². The first-order chi connectivity index (χ1) is 8.44. The van der Waals surface area contributed by atoms with Crippen molar-refractivity contribution in [1.82, 2.24) is 4.98 Å². The number of pyridine rings is 1. The highest BCUT2D eigenvalue weighted by atomic mass is 19.4. The quantitative estimate of drug-likeness (QED) is 0.897. The molecular weight excluding hydrogens is 247 g/mol. The molecule has 1 aromatic heterocycles. The number of hydrogen-bond acceptors (Lipinski definition) is 4. The zero-order valence-electron chi connectivity index (χ0n) is 9.65. The average Bonchev–Trinajstić information content (AvgIpc) is 2.73. The summed E-state index contributed by atoms with van der Waals surface area (Å²) in [5.74, 6) is 0.764. The van der Waals surface area contributed by atoms with Gasteiger partial charge in [0.15, 0.2) is 6.61 Å². The van der Waals surface area contributed by atoms with E-state index in [4.69, 9.17) is 5.73 Å². The van der Waals surface area contributed by atoms with Crippen LogP contribution in [0.2, 0.25) is 0 Å². The minimum Gasteiger partial charge on any atom is -0.484 e. The van der Waals surface area contributed by atoms with Gasteiger partial charge in [0, 0.05) is 31.4 Å². The number of nitrogens with zero attached hydrogens (tertiary/aromatic N) is 2.